The molecule has 170 valence electrons. The number of rotatable bonds is 7. The van der Waals surface area contributed by atoms with Crippen molar-refractivity contribution in [3.63, 3.8) is 0 Å². The van der Waals surface area contributed by atoms with Crippen molar-refractivity contribution in [1.29, 1.82) is 0 Å². The molecule has 5 nitrogen and oxygen atoms in total. The molecule has 0 aromatic heterocycles. The van der Waals surface area contributed by atoms with E-state index in [1.54, 1.807) is 24.3 Å². The predicted octanol–water partition coefficient (Wildman–Crippen LogP) is 4.59. The van der Waals surface area contributed by atoms with Crippen molar-refractivity contribution in [3.05, 3.63) is 82.9 Å². The highest BCUT2D eigenvalue weighted by molar-refractivity contribution is 6.25. The molecule has 1 aliphatic rings. The summed E-state index contributed by atoms with van der Waals surface area (Å²) in [4.78, 5) is 39.0. The summed E-state index contributed by atoms with van der Waals surface area (Å²) in [5, 5.41) is 4.21. The Morgan fingerprint density at radius 2 is 1.48 bits per heavy atom. The predicted molar refractivity (Wildman–Crippen MR) is 117 cm³/mol. The Labute approximate surface area is 188 Å². The van der Waals surface area contributed by atoms with E-state index in [0.717, 1.165) is 17.5 Å². The number of nitrogens with zero attached hydrogens (tertiary/aromatic N) is 1. The Morgan fingerprint density at radius 3 is 2.06 bits per heavy atom. The molecule has 1 aliphatic heterocycles. The molecule has 0 saturated heterocycles. The maximum Gasteiger partial charge on any atom is 0.416 e. The minimum Gasteiger partial charge on any atom is -0.356 e. The van der Waals surface area contributed by atoms with E-state index in [1.165, 1.54) is 17.0 Å². The van der Waals surface area contributed by atoms with Gasteiger partial charge in [-0.1, -0.05) is 36.4 Å². The normalized spacial score (nSPS) is 13.5. The first-order chi connectivity index (χ1) is 15.8. The van der Waals surface area contributed by atoms with Gasteiger partial charge in [-0.15, -0.1) is 0 Å². The molecule has 0 saturated carbocycles. The molecule has 0 unspecified atom stereocenters. The molecular formula is C25H21F3N2O3. The first-order valence-electron chi connectivity index (χ1n) is 10.6. The van der Waals surface area contributed by atoms with E-state index >= 15 is 0 Å². The Hall–Kier alpha value is -3.68. The van der Waals surface area contributed by atoms with Gasteiger partial charge in [-0.2, -0.15) is 13.2 Å². The van der Waals surface area contributed by atoms with Crippen LogP contribution in [0.3, 0.4) is 0 Å². The summed E-state index contributed by atoms with van der Waals surface area (Å²) in [6, 6.07) is 15.5. The molecule has 3 amide bonds. The number of benzene rings is 3. The third-order valence-corrected chi connectivity index (χ3v) is 5.66. The topological polar surface area (TPSA) is 66.5 Å². The molecule has 3 aromatic carbocycles. The first kappa shape index (κ1) is 22.5. The third kappa shape index (κ3) is 4.74. The van der Waals surface area contributed by atoms with E-state index in [9.17, 15) is 27.6 Å². The van der Waals surface area contributed by atoms with Crippen LogP contribution in [0.25, 0.3) is 10.8 Å². The molecular weight excluding hydrogens is 433 g/mol. The molecule has 0 fully saturated rings. The van der Waals surface area contributed by atoms with Crippen LogP contribution < -0.4 is 5.32 Å². The molecule has 0 radical (unpaired) electrons. The summed E-state index contributed by atoms with van der Waals surface area (Å²) < 4.78 is 37.8. The molecule has 8 heteroatoms. The Bertz CT molecular complexity index is 1170. The lowest BCUT2D eigenvalue weighted by Gasteiger charge is -2.27. The van der Waals surface area contributed by atoms with Crippen LogP contribution in [-0.2, 0) is 17.4 Å². The van der Waals surface area contributed by atoms with Gasteiger partial charge in [0.1, 0.15) is 0 Å². The van der Waals surface area contributed by atoms with E-state index in [4.69, 9.17) is 0 Å². The molecule has 0 bridgehead atoms. The number of carbonyl (C=O) groups excluding carboxylic acids is 3. The standard InChI is InChI=1S/C25H21F3N2O3/c26-25(27,28)18-11-9-16(10-12-18)13-14-29-21(31)8-3-15-30-23(32)19-6-1-4-17-5-2-7-20(22(17)19)24(30)33/h1-2,4-7,9-12H,3,8,13-15H2,(H,29,31). The summed E-state index contributed by atoms with van der Waals surface area (Å²) in [5.74, 6) is -0.986. The van der Waals surface area contributed by atoms with Crippen molar-refractivity contribution in [2.24, 2.45) is 0 Å². The van der Waals surface area contributed by atoms with Gasteiger partial charge in [0.2, 0.25) is 5.91 Å². The fraction of sp³-hybridized carbons (Fsp3) is 0.240. The van der Waals surface area contributed by atoms with Crippen molar-refractivity contribution in [2.75, 3.05) is 13.1 Å². The van der Waals surface area contributed by atoms with Crippen LogP contribution in [0.5, 0.6) is 0 Å². The zero-order valence-electron chi connectivity index (χ0n) is 17.6. The number of imide groups is 1. The second kappa shape index (κ2) is 9.05. The van der Waals surface area contributed by atoms with E-state index in [1.807, 2.05) is 12.1 Å². The van der Waals surface area contributed by atoms with Gasteiger partial charge in [0.15, 0.2) is 0 Å². The van der Waals surface area contributed by atoms with Gasteiger partial charge in [0, 0.05) is 36.0 Å². The Balaban J connectivity index is 1.27. The van der Waals surface area contributed by atoms with Gasteiger partial charge in [-0.3, -0.25) is 19.3 Å². The van der Waals surface area contributed by atoms with E-state index in [2.05, 4.69) is 5.32 Å². The van der Waals surface area contributed by atoms with Crippen LogP contribution >= 0.6 is 0 Å². The highest BCUT2D eigenvalue weighted by Gasteiger charge is 2.32. The summed E-state index contributed by atoms with van der Waals surface area (Å²) in [6.07, 6.45) is -3.55. The minimum absolute atomic E-state index is 0.120. The lowest BCUT2D eigenvalue weighted by Crippen LogP contribution is -2.41. The highest BCUT2D eigenvalue weighted by Crippen LogP contribution is 2.30. The lowest BCUT2D eigenvalue weighted by molar-refractivity contribution is -0.137. The number of alkyl halides is 3. The Kier molecular flexibility index (Phi) is 6.18. The quantitative estimate of drug-likeness (QED) is 0.531. The van der Waals surface area contributed by atoms with Crippen LogP contribution in [-0.4, -0.2) is 35.7 Å². The molecule has 1 N–H and O–H groups in total. The molecule has 0 aliphatic carbocycles. The largest absolute Gasteiger partial charge is 0.416 e. The number of carbonyl (C=O) groups is 3. The van der Waals surface area contributed by atoms with Crippen LogP contribution in [0.2, 0.25) is 0 Å². The van der Waals surface area contributed by atoms with Gasteiger partial charge in [0.25, 0.3) is 11.8 Å². The SMILES string of the molecule is O=C(CCCN1C(=O)c2cccc3cccc(c23)C1=O)NCCc1ccc(C(F)(F)F)cc1. The van der Waals surface area contributed by atoms with Gasteiger partial charge in [-0.05, 0) is 48.1 Å². The van der Waals surface area contributed by atoms with E-state index in [0.29, 0.717) is 34.9 Å². The zero-order valence-corrected chi connectivity index (χ0v) is 17.6. The van der Waals surface area contributed by atoms with Crippen molar-refractivity contribution in [3.8, 4) is 0 Å². The summed E-state index contributed by atoms with van der Waals surface area (Å²) in [5.41, 5.74) is 0.920. The fourth-order valence-corrected chi connectivity index (χ4v) is 3.98. The van der Waals surface area contributed by atoms with Crippen molar-refractivity contribution in [2.45, 2.75) is 25.4 Å². The molecule has 3 aromatic rings. The maximum absolute atomic E-state index is 12.8. The molecule has 0 spiro atoms. The van der Waals surface area contributed by atoms with Crippen LogP contribution in [0.4, 0.5) is 13.2 Å². The van der Waals surface area contributed by atoms with Crippen molar-refractivity contribution in [1.82, 2.24) is 10.2 Å². The summed E-state index contributed by atoms with van der Waals surface area (Å²) >= 11 is 0. The summed E-state index contributed by atoms with van der Waals surface area (Å²) in [7, 11) is 0. The maximum atomic E-state index is 12.8. The van der Waals surface area contributed by atoms with Gasteiger partial charge in [0.05, 0.1) is 5.56 Å². The van der Waals surface area contributed by atoms with E-state index in [-0.39, 0.29) is 37.2 Å². The molecule has 33 heavy (non-hydrogen) atoms. The average molecular weight is 454 g/mol. The lowest BCUT2D eigenvalue weighted by atomic mass is 9.94. The smallest absolute Gasteiger partial charge is 0.356 e. The number of amides is 3. The first-order valence-corrected chi connectivity index (χ1v) is 10.6. The number of halogens is 3. The fourth-order valence-electron chi connectivity index (χ4n) is 3.98. The number of nitrogens with one attached hydrogen (secondary N) is 1. The van der Waals surface area contributed by atoms with Crippen molar-refractivity contribution >= 4 is 28.5 Å². The number of hydrogen-bond donors (Lipinski definition) is 1. The molecule has 0 atom stereocenters. The minimum atomic E-state index is -4.38. The average Bonchev–Trinajstić information content (AvgIpc) is 2.79. The second-order valence-electron chi connectivity index (χ2n) is 7.87. The van der Waals surface area contributed by atoms with Crippen molar-refractivity contribution < 1.29 is 27.6 Å². The monoisotopic (exact) mass is 454 g/mol. The summed E-state index contributed by atoms with van der Waals surface area (Å²) in [6.45, 7) is 0.399. The van der Waals surface area contributed by atoms with Gasteiger partial charge in [-0.25, -0.2) is 0 Å². The number of hydrogen-bond acceptors (Lipinski definition) is 3. The van der Waals surface area contributed by atoms with Gasteiger partial charge >= 0.3 is 6.18 Å². The van der Waals surface area contributed by atoms with E-state index < -0.39 is 11.7 Å². The van der Waals surface area contributed by atoms with Crippen LogP contribution in [0.15, 0.2) is 60.7 Å². The van der Waals surface area contributed by atoms with Crippen LogP contribution in [0.1, 0.15) is 44.7 Å². The Morgan fingerprint density at radius 1 is 0.879 bits per heavy atom. The molecule has 4 rings (SSSR count). The molecule has 1 heterocycles. The highest BCUT2D eigenvalue weighted by atomic mass is 19.4. The zero-order chi connectivity index (χ0) is 23.6. The van der Waals surface area contributed by atoms with Gasteiger partial charge < -0.3 is 5.32 Å². The second-order valence-corrected chi connectivity index (χ2v) is 7.87. The third-order valence-electron chi connectivity index (χ3n) is 5.66. The van der Waals surface area contributed by atoms with Crippen LogP contribution in [0, 0.1) is 0 Å².